The molecule has 0 aromatic heterocycles. The zero-order valence-electron chi connectivity index (χ0n) is 13.8. The van der Waals surface area contributed by atoms with Gasteiger partial charge in [0.2, 0.25) is 5.91 Å². The van der Waals surface area contributed by atoms with Gasteiger partial charge < -0.3 is 19.7 Å². The van der Waals surface area contributed by atoms with E-state index in [1.807, 2.05) is 17.0 Å². The molecule has 1 aromatic carbocycles. The Hall–Kier alpha value is -1.59. The lowest BCUT2D eigenvalue weighted by atomic mass is 9.89. The van der Waals surface area contributed by atoms with E-state index in [2.05, 4.69) is 17.4 Å². The molecule has 0 saturated carbocycles. The minimum absolute atomic E-state index is 0.176. The van der Waals surface area contributed by atoms with Gasteiger partial charge in [-0.05, 0) is 36.5 Å². The number of piperidine rings is 1. The van der Waals surface area contributed by atoms with Crippen molar-refractivity contribution in [3.63, 3.8) is 0 Å². The molecule has 0 spiro atoms. The van der Waals surface area contributed by atoms with Crippen LogP contribution < -0.4 is 10.1 Å². The van der Waals surface area contributed by atoms with E-state index in [1.54, 1.807) is 7.11 Å². The summed E-state index contributed by atoms with van der Waals surface area (Å²) in [5.74, 6) is 1.69. The molecule has 5 nitrogen and oxygen atoms in total. The first-order chi connectivity index (χ1) is 11.3. The average Bonchev–Trinajstić information content (AvgIpc) is 2.63. The Labute approximate surface area is 137 Å². The maximum Gasteiger partial charge on any atom is 0.224 e. The number of rotatable bonds is 4. The summed E-state index contributed by atoms with van der Waals surface area (Å²) in [5, 5.41) is 3.35. The molecule has 0 bridgehead atoms. The second-order valence-electron chi connectivity index (χ2n) is 6.36. The lowest BCUT2D eigenvalue weighted by molar-refractivity contribution is -0.133. The highest BCUT2D eigenvalue weighted by Gasteiger charge is 2.26. The van der Waals surface area contributed by atoms with Crippen molar-refractivity contribution < 1.29 is 14.3 Å². The van der Waals surface area contributed by atoms with Gasteiger partial charge >= 0.3 is 0 Å². The molecule has 1 amide bonds. The number of carbonyl (C=O) groups excluding carboxylic acids is 1. The molecule has 2 saturated heterocycles. The molecule has 0 radical (unpaired) electrons. The van der Waals surface area contributed by atoms with E-state index in [1.165, 1.54) is 5.56 Å². The minimum Gasteiger partial charge on any atom is -0.497 e. The largest absolute Gasteiger partial charge is 0.497 e. The van der Waals surface area contributed by atoms with Crippen LogP contribution in [-0.4, -0.2) is 56.8 Å². The highest BCUT2D eigenvalue weighted by molar-refractivity contribution is 5.77. The first kappa shape index (κ1) is 16.3. The summed E-state index contributed by atoms with van der Waals surface area (Å²) in [7, 11) is 1.69. The fourth-order valence-corrected chi connectivity index (χ4v) is 3.43. The molecule has 126 valence electrons. The first-order valence-electron chi connectivity index (χ1n) is 8.49. The van der Waals surface area contributed by atoms with Gasteiger partial charge in [0.15, 0.2) is 0 Å². The number of carbonyl (C=O) groups is 1. The molecule has 2 heterocycles. The highest BCUT2D eigenvalue weighted by Crippen LogP contribution is 2.29. The van der Waals surface area contributed by atoms with E-state index in [0.29, 0.717) is 18.9 Å². The van der Waals surface area contributed by atoms with Crippen LogP contribution in [0.4, 0.5) is 0 Å². The number of hydrogen-bond donors (Lipinski definition) is 1. The number of nitrogens with zero attached hydrogens (tertiary/aromatic N) is 1. The van der Waals surface area contributed by atoms with Crippen molar-refractivity contribution >= 4 is 5.91 Å². The van der Waals surface area contributed by atoms with Crippen LogP contribution in [0.5, 0.6) is 5.75 Å². The summed E-state index contributed by atoms with van der Waals surface area (Å²) in [6, 6.07) is 8.49. The van der Waals surface area contributed by atoms with Crippen LogP contribution in [0, 0.1) is 0 Å². The number of ether oxygens (including phenoxy) is 2. The number of benzene rings is 1. The Kier molecular flexibility index (Phi) is 5.51. The molecule has 1 N–H and O–H groups in total. The van der Waals surface area contributed by atoms with Gasteiger partial charge in [0.05, 0.1) is 20.3 Å². The Bertz CT molecular complexity index is 504. The molecule has 2 aliphatic heterocycles. The summed E-state index contributed by atoms with van der Waals surface area (Å²) in [6.45, 7) is 3.94. The summed E-state index contributed by atoms with van der Waals surface area (Å²) in [6.07, 6.45) is 2.62. The molecule has 2 aliphatic rings. The van der Waals surface area contributed by atoms with Crippen molar-refractivity contribution in [3.05, 3.63) is 29.8 Å². The van der Waals surface area contributed by atoms with Crippen LogP contribution in [0.1, 0.15) is 30.7 Å². The van der Waals surface area contributed by atoms with Gasteiger partial charge in [-0.1, -0.05) is 12.1 Å². The van der Waals surface area contributed by atoms with Gasteiger partial charge in [-0.25, -0.2) is 0 Å². The van der Waals surface area contributed by atoms with Crippen LogP contribution in [0.15, 0.2) is 24.3 Å². The van der Waals surface area contributed by atoms with E-state index in [9.17, 15) is 4.79 Å². The minimum atomic E-state index is 0.176. The Morgan fingerprint density at radius 2 is 2.04 bits per heavy atom. The summed E-state index contributed by atoms with van der Waals surface area (Å²) in [5.41, 5.74) is 1.35. The molecule has 5 heteroatoms. The quantitative estimate of drug-likeness (QED) is 0.919. The lowest BCUT2D eigenvalue weighted by Gasteiger charge is -2.34. The molecule has 23 heavy (non-hydrogen) atoms. The first-order valence-corrected chi connectivity index (χ1v) is 8.49. The second kappa shape index (κ2) is 7.79. The van der Waals surface area contributed by atoms with Gasteiger partial charge in [0.1, 0.15) is 5.75 Å². The predicted octanol–water partition coefficient (Wildman–Crippen LogP) is 1.78. The number of morpholine rings is 1. The number of methoxy groups -OCH3 is 1. The molecule has 2 fully saturated rings. The van der Waals surface area contributed by atoms with Crippen molar-refractivity contribution in [1.29, 1.82) is 0 Å². The van der Waals surface area contributed by atoms with Gasteiger partial charge in [0, 0.05) is 32.1 Å². The lowest BCUT2D eigenvalue weighted by Crippen LogP contribution is -2.46. The van der Waals surface area contributed by atoms with Crippen LogP contribution in [0.2, 0.25) is 0 Å². The number of nitrogens with one attached hydrogen (secondary N) is 1. The van der Waals surface area contributed by atoms with Crippen molar-refractivity contribution in [2.45, 2.75) is 31.2 Å². The fraction of sp³-hybridized carbons (Fsp3) is 0.611. The fourth-order valence-electron chi connectivity index (χ4n) is 3.43. The van der Waals surface area contributed by atoms with Gasteiger partial charge in [-0.2, -0.15) is 0 Å². The van der Waals surface area contributed by atoms with Crippen LogP contribution in [0.3, 0.4) is 0 Å². The van der Waals surface area contributed by atoms with Crippen LogP contribution in [-0.2, 0) is 9.53 Å². The van der Waals surface area contributed by atoms with E-state index >= 15 is 0 Å². The average molecular weight is 318 g/mol. The standard InChI is InChI=1S/C18H26N2O3/c1-22-17-4-2-14(3-5-17)15-6-9-20(10-7-15)18(21)12-16-13-23-11-8-19-16/h2-5,15-16,19H,6-13H2,1H3. The summed E-state index contributed by atoms with van der Waals surface area (Å²) < 4.78 is 10.6. The smallest absolute Gasteiger partial charge is 0.224 e. The van der Waals surface area contributed by atoms with Gasteiger partial charge in [-0.3, -0.25) is 4.79 Å². The van der Waals surface area contributed by atoms with E-state index in [-0.39, 0.29) is 11.9 Å². The topological polar surface area (TPSA) is 50.8 Å². The predicted molar refractivity (Wildman–Crippen MR) is 88.8 cm³/mol. The molecule has 3 rings (SSSR count). The van der Waals surface area contributed by atoms with E-state index in [4.69, 9.17) is 9.47 Å². The van der Waals surface area contributed by atoms with Crippen molar-refractivity contribution in [2.75, 3.05) is 40.0 Å². The molecule has 0 aliphatic carbocycles. The third-order valence-corrected chi connectivity index (χ3v) is 4.85. The van der Waals surface area contributed by atoms with Crippen molar-refractivity contribution in [2.24, 2.45) is 0 Å². The Morgan fingerprint density at radius 3 is 2.65 bits per heavy atom. The molecular formula is C18H26N2O3. The normalized spacial score (nSPS) is 22.8. The van der Waals surface area contributed by atoms with E-state index < -0.39 is 0 Å². The van der Waals surface area contributed by atoms with Crippen LogP contribution in [0.25, 0.3) is 0 Å². The molecule has 1 atom stereocenters. The monoisotopic (exact) mass is 318 g/mol. The Balaban J connectivity index is 1.48. The Morgan fingerprint density at radius 1 is 1.30 bits per heavy atom. The summed E-state index contributed by atoms with van der Waals surface area (Å²) in [4.78, 5) is 14.4. The third kappa shape index (κ3) is 4.24. The summed E-state index contributed by atoms with van der Waals surface area (Å²) >= 11 is 0. The van der Waals surface area contributed by atoms with Gasteiger partial charge in [-0.15, -0.1) is 0 Å². The number of hydrogen-bond acceptors (Lipinski definition) is 4. The zero-order valence-corrected chi connectivity index (χ0v) is 13.8. The highest BCUT2D eigenvalue weighted by atomic mass is 16.5. The van der Waals surface area contributed by atoms with Crippen molar-refractivity contribution in [1.82, 2.24) is 10.2 Å². The third-order valence-electron chi connectivity index (χ3n) is 4.85. The maximum atomic E-state index is 12.4. The maximum absolute atomic E-state index is 12.4. The number of likely N-dealkylation sites (tertiary alicyclic amines) is 1. The molecule has 1 aromatic rings. The molecular weight excluding hydrogens is 292 g/mol. The molecule has 1 unspecified atom stereocenters. The SMILES string of the molecule is COc1ccc(C2CCN(C(=O)CC3COCCN3)CC2)cc1. The van der Waals surface area contributed by atoms with Gasteiger partial charge in [0.25, 0.3) is 0 Å². The number of amides is 1. The second-order valence-corrected chi connectivity index (χ2v) is 6.36. The van der Waals surface area contributed by atoms with E-state index in [0.717, 1.165) is 44.8 Å². The zero-order chi connectivity index (χ0) is 16.1. The van der Waals surface area contributed by atoms with Crippen LogP contribution >= 0.6 is 0 Å². The van der Waals surface area contributed by atoms with Crippen molar-refractivity contribution in [3.8, 4) is 5.75 Å².